The Morgan fingerprint density at radius 2 is 0.870 bits per heavy atom. The lowest BCUT2D eigenvalue weighted by Gasteiger charge is -2.04. The lowest BCUT2D eigenvalue weighted by atomic mass is 10.0. The highest BCUT2D eigenvalue weighted by Gasteiger charge is 1.98. The van der Waals surface area contributed by atoms with Crippen molar-refractivity contribution in [2.75, 3.05) is 0 Å². The van der Waals surface area contributed by atoms with Crippen molar-refractivity contribution < 1.29 is 0 Å². The lowest BCUT2D eigenvalue weighted by Crippen LogP contribution is -1.89. The van der Waals surface area contributed by atoms with Crippen molar-refractivity contribution in [1.29, 1.82) is 5.26 Å². The SMILES string of the molecule is CCCCCCCCCCCCCCCCCCCC(C)C#N. The summed E-state index contributed by atoms with van der Waals surface area (Å²) < 4.78 is 0. The maximum Gasteiger partial charge on any atom is 0.0652 e. The molecule has 1 atom stereocenters. The van der Waals surface area contributed by atoms with Crippen LogP contribution in [0, 0.1) is 17.2 Å². The molecule has 0 aliphatic rings. The Morgan fingerprint density at radius 3 is 1.17 bits per heavy atom. The summed E-state index contributed by atoms with van der Waals surface area (Å²) in [5.41, 5.74) is 0. The van der Waals surface area contributed by atoms with E-state index in [0.717, 1.165) is 6.42 Å². The van der Waals surface area contributed by atoms with Gasteiger partial charge in [0.05, 0.1) is 6.07 Å². The molecule has 23 heavy (non-hydrogen) atoms. The number of unbranched alkanes of at least 4 members (excludes halogenated alkanes) is 16. The minimum Gasteiger partial charge on any atom is -0.198 e. The standard InChI is InChI=1S/C22H43N/c1-3-4-5-6-7-8-9-10-11-12-13-14-15-16-17-18-19-20-22(2)21-23/h22H,3-20H2,1-2H3. The van der Waals surface area contributed by atoms with E-state index in [-0.39, 0.29) is 5.92 Å². The molecule has 0 rings (SSSR count). The van der Waals surface area contributed by atoms with Gasteiger partial charge in [-0.05, 0) is 13.3 Å². The molecule has 1 nitrogen and oxygen atoms in total. The fraction of sp³-hybridized carbons (Fsp3) is 0.955. The van der Waals surface area contributed by atoms with Crippen molar-refractivity contribution in [2.45, 2.75) is 129 Å². The molecule has 0 spiro atoms. The first-order chi connectivity index (χ1) is 11.3. The van der Waals surface area contributed by atoms with Gasteiger partial charge < -0.3 is 0 Å². The fourth-order valence-electron chi connectivity index (χ4n) is 3.24. The summed E-state index contributed by atoms with van der Waals surface area (Å²) in [7, 11) is 0. The Balaban J connectivity index is 2.99. The van der Waals surface area contributed by atoms with E-state index in [2.05, 4.69) is 13.0 Å². The predicted molar refractivity (Wildman–Crippen MR) is 104 cm³/mol. The second-order valence-corrected chi connectivity index (χ2v) is 7.48. The van der Waals surface area contributed by atoms with Gasteiger partial charge in [0.2, 0.25) is 0 Å². The van der Waals surface area contributed by atoms with Crippen molar-refractivity contribution >= 4 is 0 Å². The van der Waals surface area contributed by atoms with Gasteiger partial charge in [-0.15, -0.1) is 0 Å². The minimum atomic E-state index is 0.256. The minimum absolute atomic E-state index is 0.256. The molecule has 1 unspecified atom stereocenters. The van der Waals surface area contributed by atoms with Crippen LogP contribution in [0.15, 0.2) is 0 Å². The van der Waals surface area contributed by atoms with Crippen LogP contribution >= 0.6 is 0 Å². The van der Waals surface area contributed by atoms with Crippen molar-refractivity contribution in [3.63, 3.8) is 0 Å². The van der Waals surface area contributed by atoms with E-state index in [4.69, 9.17) is 5.26 Å². The second-order valence-electron chi connectivity index (χ2n) is 7.48. The molecule has 0 aromatic rings. The van der Waals surface area contributed by atoms with E-state index < -0.39 is 0 Å². The number of hydrogen-bond donors (Lipinski definition) is 0. The van der Waals surface area contributed by atoms with E-state index in [0.29, 0.717) is 0 Å². The van der Waals surface area contributed by atoms with Gasteiger partial charge in [-0.1, -0.05) is 116 Å². The number of nitriles is 1. The molecule has 0 aliphatic carbocycles. The second kappa shape index (κ2) is 19.5. The van der Waals surface area contributed by atoms with Crippen LogP contribution < -0.4 is 0 Å². The van der Waals surface area contributed by atoms with Gasteiger partial charge in [0.15, 0.2) is 0 Å². The predicted octanol–water partition coefficient (Wildman–Crippen LogP) is 8.19. The lowest BCUT2D eigenvalue weighted by molar-refractivity contribution is 0.517. The summed E-state index contributed by atoms with van der Waals surface area (Å²) in [6.07, 6.45) is 25.2. The molecule has 0 fully saturated rings. The molecule has 0 aromatic heterocycles. The van der Waals surface area contributed by atoms with Crippen LogP contribution in [0.25, 0.3) is 0 Å². The highest BCUT2D eigenvalue weighted by molar-refractivity contribution is 4.77. The number of nitrogens with zero attached hydrogens (tertiary/aromatic N) is 1. The maximum absolute atomic E-state index is 8.72. The highest BCUT2D eigenvalue weighted by Crippen LogP contribution is 2.15. The molecular weight excluding hydrogens is 278 g/mol. The Kier molecular flexibility index (Phi) is 19.1. The summed E-state index contributed by atoms with van der Waals surface area (Å²) in [5, 5.41) is 8.72. The monoisotopic (exact) mass is 321 g/mol. The van der Waals surface area contributed by atoms with Crippen LogP contribution in [0.4, 0.5) is 0 Å². The topological polar surface area (TPSA) is 23.8 Å². The van der Waals surface area contributed by atoms with Gasteiger partial charge in [0, 0.05) is 5.92 Å². The Labute approximate surface area is 147 Å². The van der Waals surface area contributed by atoms with Gasteiger partial charge in [-0.3, -0.25) is 0 Å². The molecule has 0 heterocycles. The maximum atomic E-state index is 8.72. The van der Waals surface area contributed by atoms with Crippen LogP contribution in [0.3, 0.4) is 0 Å². The zero-order valence-electron chi connectivity index (χ0n) is 16.3. The highest BCUT2D eigenvalue weighted by atomic mass is 14.3. The zero-order valence-corrected chi connectivity index (χ0v) is 16.3. The molecule has 0 amide bonds. The third-order valence-electron chi connectivity index (χ3n) is 4.96. The molecule has 0 aromatic carbocycles. The average molecular weight is 322 g/mol. The van der Waals surface area contributed by atoms with Gasteiger partial charge in [0.1, 0.15) is 0 Å². The summed E-state index contributed by atoms with van der Waals surface area (Å²) in [5.74, 6) is 0.256. The summed E-state index contributed by atoms with van der Waals surface area (Å²) >= 11 is 0. The van der Waals surface area contributed by atoms with Crippen LogP contribution in [0.2, 0.25) is 0 Å². The van der Waals surface area contributed by atoms with E-state index in [9.17, 15) is 0 Å². The van der Waals surface area contributed by atoms with Crippen molar-refractivity contribution in [3.05, 3.63) is 0 Å². The Hall–Kier alpha value is -0.510. The van der Waals surface area contributed by atoms with E-state index >= 15 is 0 Å². The Morgan fingerprint density at radius 1 is 0.565 bits per heavy atom. The van der Waals surface area contributed by atoms with E-state index in [1.165, 1.54) is 109 Å². The summed E-state index contributed by atoms with van der Waals surface area (Å²) in [6, 6.07) is 2.32. The van der Waals surface area contributed by atoms with Gasteiger partial charge in [0.25, 0.3) is 0 Å². The first-order valence-corrected chi connectivity index (χ1v) is 10.7. The van der Waals surface area contributed by atoms with Crippen molar-refractivity contribution in [2.24, 2.45) is 5.92 Å². The quantitative estimate of drug-likeness (QED) is 0.233. The summed E-state index contributed by atoms with van der Waals surface area (Å²) in [4.78, 5) is 0. The van der Waals surface area contributed by atoms with Gasteiger partial charge in [-0.2, -0.15) is 5.26 Å². The van der Waals surface area contributed by atoms with E-state index in [1.54, 1.807) is 0 Å². The molecule has 0 bridgehead atoms. The molecule has 0 saturated carbocycles. The van der Waals surface area contributed by atoms with Crippen molar-refractivity contribution in [3.8, 4) is 6.07 Å². The Bertz CT molecular complexity index is 253. The molecule has 0 saturated heterocycles. The van der Waals surface area contributed by atoms with Crippen LogP contribution in [0.1, 0.15) is 129 Å². The van der Waals surface area contributed by atoms with Crippen LogP contribution in [-0.2, 0) is 0 Å². The molecule has 0 N–H and O–H groups in total. The fourth-order valence-corrected chi connectivity index (χ4v) is 3.24. The van der Waals surface area contributed by atoms with Gasteiger partial charge >= 0.3 is 0 Å². The third-order valence-corrected chi connectivity index (χ3v) is 4.96. The third kappa shape index (κ3) is 19.4. The van der Waals surface area contributed by atoms with Crippen LogP contribution in [-0.4, -0.2) is 0 Å². The molecule has 0 radical (unpaired) electrons. The van der Waals surface area contributed by atoms with E-state index in [1.807, 2.05) is 6.92 Å². The zero-order chi connectivity index (χ0) is 17.0. The normalized spacial score (nSPS) is 12.2. The largest absolute Gasteiger partial charge is 0.198 e. The first kappa shape index (κ1) is 22.5. The molecular formula is C22H43N. The first-order valence-electron chi connectivity index (χ1n) is 10.7. The number of rotatable bonds is 18. The molecule has 136 valence electrons. The van der Waals surface area contributed by atoms with Crippen LogP contribution in [0.5, 0.6) is 0 Å². The number of hydrogen-bond acceptors (Lipinski definition) is 1. The molecule has 1 heteroatoms. The molecule has 0 aliphatic heterocycles. The van der Waals surface area contributed by atoms with Crippen molar-refractivity contribution in [1.82, 2.24) is 0 Å². The average Bonchev–Trinajstić information content (AvgIpc) is 2.57. The summed E-state index contributed by atoms with van der Waals surface area (Å²) in [6.45, 7) is 4.32. The smallest absolute Gasteiger partial charge is 0.0652 e. The van der Waals surface area contributed by atoms with Gasteiger partial charge in [-0.25, -0.2) is 0 Å².